The molecule has 0 radical (unpaired) electrons. The van der Waals surface area contributed by atoms with Crippen LogP contribution in [0.25, 0.3) is 5.57 Å². The molecular formula is C24H19NO3Se. The first-order chi connectivity index (χ1) is 14.2. The van der Waals surface area contributed by atoms with Crippen molar-refractivity contribution in [2.24, 2.45) is 0 Å². The van der Waals surface area contributed by atoms with E-state index in [-0.39, 0.29) is 20.9 Å². The van der Waals surface area contributed by atoms with Gasteiger partial charge in [0.2, 0.25) is 0 Å². The molecule has 2 heterocycles. The van der Waals surface area contributed by atoms with E-state index < -0.39 is 5.60 Å². The number of nitrogens with one attached hydrogen (secondary N) is 1. The van der Waals surface area contributed by atoms with Gasteiger partial charge in [-0.05, 0) is 0 Å². The van der Waals surface area contributed by atoms with Crippen LogP contribution in [0.15, 0.2) is 83.3 Å². The van der Waals surface area contributed by atoms with Crippen LogP contribution in [0.4, 0.5) is 5.69 Å². The Morgan fingerprint density at radius 3 is 2.45 bits per heavy atom. The maximum absolute atomic E-state index is 13.3. The Balaban J connectivity index is 1.70. The molecule has 2 aliphatic heterocycles. The molecule has 144 valence electrons. The molecule has 3 aromatic rings. The summed E-state index contributed by atoms with van der Waals surface area (Å²) >= 11 is 0.0534. The number of fused-ring (bicyclic) bond motifs is 2. The van der Waals surface area contributed by atoms with Gasteiger partial charge < -0.3 is 0 Å². The number of anilines is 1. The molecule has 4 nitrogen and oxygen atoms in total. The number of benzene rings is 3. The summed E-state index contributed by atoms with van der Waals surface area (Å²) in [6.07, 6.45) is 0. The minimum atomic E-state index is -1.10. The topological polar surface area (TPSA) is 47.6 Å². The Bertz CT molecular complexity index is 1110. The molecule has 1 spiro atoms. The van der Waals surface area contributed by atoms with Crippen LogP contribution in [0.2, 0.25) is 0 Å². The first-order valence-corrected chi connectivity index (χ1v) is 11.1. The van der Waals surface area contributed by atoms with Crippen molar-refractivity contribution in [3.05, 3.63) is 94.5 Å². The predicted octanol–water partition coefficient (Wildman–Crippen LogP) is 3.31. The minimum absolute atomic E-state index is 0.0534. The number of amides is 1. The van der Waals surface area contributed by atoms with E-state index >= 15 is 0 Å². The average Bonchev–Trinajstić information content (AvgIpc) is 3.28. The number of para-hydroxylation sites is 1. The van der Waals surface area contributed by atoms with Gasteiger partial charge >= 0.3 is 176 Å². The summed E-state index contributed by atoms with van der Waals surface area (Å²) in [5.74, 6) is 0.664. The Kier molecular flexibility index (Phi) is 4.51. The number of hydrogen-bond donors (Lipinski definition) is 1. The van der Waals surface area contributed by atoms with Crippen molar-refractivity contribution in [2.75, 3.05) is 19.0 Å². The summed E-state index contributed by atoms with van der Waals surface area (Å²) in [4.78, 5) is 13.3. The molecule has 2 aliphatic rings. The van der Waals surface area contributed by atoms with Crippen molar-refractivity contribution in [1.29, 1.82) is 0 Å². The van der Waals surface area contributed by atoms with Crippen molar-refractivity contribution in [3.63, 3.8) is 0 Å². The molecular weight excluding hydrogens is 429 g/mol. The quantitative estimate of drug-likeness (QED) is 0.624. The molecule has 29 heavy (non-hydrogen) atoms. The predicted molar refractivity (Wildman–Crippen MR) is 114 cm³/mol. The maximum atomic E-state index is 13.3. The standard InChI is InChI=1S/C24H19NO3Se/c1-27-17-13-11-16(12-14-17)22-21(29-18-7-3-2-4-8-18)15-28-24(22)19-9-5-6-10-20(19)25-23(24)26/h2-14H,15H2,1H3,(H,25,26). The fourth-order valence-corrected chi connectivity index (χ4v) is 6.19. The second-order valence-corrected chi connectivity index (χ2v) is 9.36. The number of hydrogen-bond acceptors (Lipinski definition) is 3. The fourth-order valence-electron chi connectivity index (χ4n) is 3.97. The van der Waals surface area contributed by atoms with E-state index in [0.29, 0.717) is 6.61 Å². The van der Waals surface area contributed by atoms with Crippen molar-refractivity contribution in [2.45, 2.75) is 5.60 Å². The SMILES string of the molecule is COc1ccc(C2=C([Se]c3ccccc3)COC23C(=O)Nc2ccccc23)cc1. The van der Waals surface area contributed by atoms with E-state index in [1.165, 1.54) is 8.93 Å². The van der Waals surface area contributed by atoms with Gasteiger partial charge in [0.1, 0.15) is 0 Å². The molecule has 3 aromatic carbocycles. The first-order valence-electron chi connectivity index (χ1n) is 9.38. The third-order valence-electron chi connectivity index (χ3n) is 5.29. The van der Waals surface area contributed by atoms with Crippen LogP contribution in [0.5, 0.6) is 5.75 Å². The van der Waals surface area contributed by atoms with Gasteiger partial charge in [-0.15, -0.1) is 0 Å². The van der Waals surface area contributed by atoms with Crippen LogP contribution in [-0.4, -0.2) is 34.6 Å². The van der Waals surface area contributed by atoms with Crippen LogP contribution >= 0.6 is 0 Å². The number of carbonyl (C=O) groups is 1. The second kappa shape index (κ2) is 7.20. The zero-order valence-electron chi connectivity index (χ0n) is 15.8. The van der Waals surface area contributed by atoms with Crippen molar-refractivity contribution in [3.8, 4) is 5.75 Å². The monoisotopic (exact) mass is 449 g/mol. The van der Waals surface area contributed by atoms with Crippen LogP contribution in [0.1, 0.15) is 11.1 Å². The zero-order valence-corrected chi connectivity index (χ0v) is 17.6. The van der Waals surface area contributed by atoms with Gasteiger partial charge in [0.25, 0.3) is 0 Å². The number of ether oxygens (including phenoxy) is 2. The molecule has 0 saturated carbocycles. The van der Waals surface area contributed by atoms with Gasteiger partial charge in [-0.25, -0.2) is 0 Å². The summed E-state index contributed by atoms with van der Waals surface area (Å²) in [6, 6.07) is 26.1. The first kappa shape index (κ1) is 18.2. The van der Waals surface area contributed by atoms with E-state index in [4.69, 9.17) is 9.47 Å². The van der Waals surface area contributed by atoms with Gasteiger partial charge in [-0.2, -0.15) is 0 Å². The van der Waals surface area contributed by atoms with Crippen LogP contribution in [-0.2, 0) is 15.1 Å². The number of methoxy groups -OCH3 is 1. The summed E-state index contributed by atoms with van der Waals surface area (Å²) in [5.41, 5.74) is 2.55. The van der Waals surface area contributed by atoms with Gasteiger partial charge in [0, 0.05) is 0 Å². The summed E-state index contributed by atoms with van der Waals surface area (Å²) in [5, 5.41) is 3.02. The molecule has 5 rings (SSSR count). The molecule has 0 fully saturated rings. The molecule has 5 heteroatoms. The Morgan fingerprint density at radius 1 is 0.966 bits per heavy atom. The molecule has 1 atom stereocenters. The molecule has 1 N–H and O–H groups in total. The van der Waals surface area contributed by atoms with Crippen molar-refractivity contribution < 1.29 is 14.3 Å². The third kappa shape index (κ3) is 2.90. The number of carbonyl (C=O) groups excluding carboxylic acids is 1. The van der Waals surface area contributed by atoms with E-state index in [0.717, 1.165) is 28.1 Å². The van der Waals surface area contributed by atoms with Crippen molar-refractivity contribution >= 4 is 36.6 Å². The summed E-state index contributed by atoms with van der Waals surface area (Å²) < 4.78 is 14.1. The Labute approximate surface area is 175 Å². The molecule has 0 aliphatic carbocycles. The van der Waals surface area contributed by atoms with Crippen LogP contribution in [0, 0.1) is 0 Å². The van der Waals surface area contributed by atoms with Crippen molar-refractivity contribution in [1.82, 2.24) is 0 Å². The van der Waals surface area contributed by atoms with E-state index in [2.05, 4.69) is 17.4 Å². The van der Waals surface area contributed by atoms with Crippen LogP contribution < -0.4 is 14.5 Å². The van der Waals surface area contributed by atoms with Gasteiger partial charge in [0.05, 0.1) is 0 Å². The average molecular weight is 448 g/mol. The molecule has 1 unspecified atom stereocenters. The number of rotatable bonds is 4. The fraction of sp³-hybridized carbons (Fsp3) is 0.125. The molecule has 0 aromatic heterocycles. The van der Waals surface area contributed by atoms with E-state index in [1.54, 1.807) is 7.11 Å². The normalized spacial score (nSPS) is 20.1. The van der Waals surface area contributed by atoms with Gasteiger partial charge in [-0.1, -0.05) is 0 Å². The zero-order chi connectivity index (χ0) is 19.8. The molecule has 0 bridgehead atoms. The van der Waals surface area contributed by atoms with Gasteiger partial charge in [0.15, 0.2) is 0 Å². The second-order valence-electron chi connectivity index (χ2n) is 6.91. The van der Waals surface area contributed by atoms with E-state index in [9.17, 15) is 4.79 Å². The summed E-state index contributed by atoms with van der Waals surface area (Å²) in [6.45, 7) is 0.442. The van der Waals surface area contributed by atoms with Gasteiger partial charge in [-0.3, -0.25) is 0 Å². The Hall–Kier alpha value is -2.85. The van der Waals surface area contributed by atoms with Crippen LogP contribution in [0.3, 0.4) is 0 Å². The molecule has 1 amide bonds. The molecule has 0 saturated heterocycles. The summed E-state index contributed by atoms with van der Waals surface area (Å²) in [7, 11) is 1.65. The third-order valence-corrected chi connectivity index (χ3v) is 7.55. The Morgan fingerprint density at radius 2 is 1.69 bits per heavy atom. The van der Waals surface area contributed by atoms with E-state index in [1.807, 2.05) is 66.7 Å².